The van der Waals surface area contributed by atoms with Crippen molar-refractivity contribution in [3.63, 3.8) is 0 Å². The normalized spacial score (nSPS) is 19.5. The van der Waals surface area contributed by atoms with E-state index < -0.39 is 70.3 Å². The molecule has 3 aromatic rings. The average molecular weight is 837 g/mol. The van der Waals surface area contributed by atoms with Crippen molar-refractivity contribution < 1.29 is 137 Å². The Morgan fingerprint density at radius 1 is 1.04 bits per heavy atom. The summed E-state index contributed by atoms with van der Waals surface area (Å²) in [5.41, 5.74) is 4.61. The summed E-state index contributed by atoms with van der Waals surface area (Å²) in [6.07, 6.45) is 2.84. The van der Waals surface area contributed by atoms with Crippen LogP contribution in [0.15, 0.2) is 44.9 Å². The third-order valence-corrected chi connectivity index (χ3v) is 11.2. The number of nitrogens with one attached hydrogen (secondary N) is 1. The van der Waals surface area contributed by atoms with Crippen molar-refractivity contribution in [2.45, 2.75) is 30.3 Å². The first-order chi connectivity index (χ1) is 25.3. The fraction of sp³-hybridized carbons (Fsp3) is 0.375. The van der Waals surface area contributed by atoms with Gasteiger partial charge in [0, 0.05) is 61.5 Å². The molecule has 5 heterocycles. The van der Waals surface area contributed by atoms with E-state index in [9.17, 15) is 44.1 Å². The summed E-state index contributed by atoms with van der Waals surface area (Å²) in [5, 5.41) is 41.4. The molecule has 1 saturated carbocycles. The number of piperazine rings is 1. The smallest absolute Gasteiger partial charge is 0.546 e. The molecule has 4 aliphatic rings. The minimum Gasteiger partial charge on any atom is -0.546 e. The second-order valence-electron chi connectivity index (χ2n) is 12.6. The Labute approximate surface area is 391 Å². The van der Waals surface area contributed by atoms with Gasteiger partial charge in [0.2, 0.25) is 0 Å². The molecule has 3 fully saturated rings. The van der Waals surface area contributed by atoms with Gasteiger partial charge < -0.3 is 55.1 Å². The number of aliphatic carboxylic acids is 2. The third-order valence-electron chi connectivity index (χ3n) is 9.23. The Balaban J connectivity index is 0.00000232. The molecule has 3 aliphatic heterocycles. The first kappa shape index (κ1) is 46.2. The zero-order valence-corrected chi connectivity index (χ0v) is 38.1. The van der Waals surface area contributed by atoms with Gasteiger partial charge in [-0.2, -0.15) is 0 Å². The number of carbonyl (C=O) groups is 5. The molecule has 3 N–H and O–H groups in total. The number of nitrogen functional groups attached to an aromatic ring is 1. The zero-order chi connectivity index (χ0) is 37.7. The summed E-state index contributed by atoms with van der Waals surface area (Å²) in [7, 11) is 0. The Morgan fingerprint density at radius 2 is 1.73 bits per heavy atom. The molecule has 7 rings (SSSR count). The number of nitrogens with zero attached hydrogens (tertiary/aromatic N) is 6. The number of halogens is 1. The van der Waals surface area contributed by atoms with Crippen molar-refractivity contribution in [3.8, 4) is 0 Å². The van der Waals surface area contributed by atoms with Crippen molar-refractivity contribution in [2.75, 3.05) is 55.7 Å². The monoisotopic (exact) mass is 836 g/mol. The number of carboxylic acid groups (broad SMARTS) is 3. The van der Waals surface area contributed by atoms with Gasteiger partial charge in [0.05, 0.1) is 40.4 Å². The van der Waals surface area contributed by atoms with Gasteiger partial charge in [-0.3, -0.25) is 24.2 Å². The molecule has 0 unspecified atom stereocenters. The van der Waals surface area contributed by atoms with Crippen LogP contribution in [-0.4, -0.2) is 111 Å². The summed E-state index contributed by atoms with van der Waals surface area (Å²) < 4.78 is 17.2. The number of hydrogen-bond donors (Lipinski definition) is 2. The van der Waals surface area contributed by atoms with Gasteiger partial charge in [0.1, 0.15) is 22.9 Å². The molecule has 2 aromatic heterocycles. The number of pyridine rings is 1. The second kappa shape index (κ2) is 19.0. The number of benzene rings is 1. The van der Waals surface area contributed by atoms with Gasteiger partial charge in [-0.25, -0.2) is 9.37 Å². The van der Waals surface area contributed by atoms with Crippen molar-refractivity contribution in [3.05, 3.63) is 62.3 Å². The summed E-state index contributed by atoms with van der Waals surface area (Å²) in [4.78, 5) is 87.4. The predicted octanol–water partition coefficient (Wildman–Crippen LogP) is -12.4. The van der Waals surface area contributed by atoms with E-state index in [1.807, 2.05) is 4.90 Å². The van der Waals surface area contributed by atoms with E-state index in [1.165, 1.54) is 23.3 Å². The maximum Gasteiger partial charge on any atom is 1.00 e. The van der Waals surface area contributed by atoms with E-state index in [2.05, 4.69) is 20.3 Å². The van der Waals surface area contributed by atoms with E-state index in [0.717, 1.165) is 35.1 Å². The molecular weight excluding hydrogens is 809 g/mol. The molecule has 278 valence electrons. The van der Waals surface area contributed by atoms with E-state index in [-0.39, 0.29) is 135 Å². The van der Waals surface area contributed by atoms with Crippen molar-refractivity contribution in [1.29, 1.82) is 0 Å². The standard InChI is InChI=1S/C32H31FN8O10S2.3Na/c33-18-7-16-20(40(15-1-2-15)10-17(26(16)44)30(47)48)8-21(18)39-5-3-38(4-6-39)9-14-12-52-29-24(28(46)41(29)25(14)31(49)50)36-27(45)23(37-51-11-22(42)43)19-13-53-32(34)35-19;;;/h7-8,10,13,15,24,29H,1-6,9,11-12H2,(H2,34,35)(H,36,45)(H,42,43)(H,47,48)(H,49,50);;;/q;3*+1/p-3/b37-23-;;;/t24-,29-;;;/m1.../s1. The molecule has 2 saturated heterocycles. The Morgan fingerprint density at radius 3 is 2.32 bits per heavy atom. The largest absolute Gasteiger partial charge is 1.00 e. The fourth-order valence-electron chi connectivity index (χ4n) is 6.57. The fourth-order valence-corrected chi connectivity index (χ4v) is 8.45. The number of oxime groups is 1. The number of carbonyl (C=O) groups excluding carboxylic acids is 5. The summed E-state index contributed by atoms with van der Waals surface area (Å²) >= 11 is 2.21. The number of fused-ring (bicyclic) bond motifs is 2. The van der Waals surface area contributed by atoms with Crippen LogP contribution in [0, 0.1) is 5.82 Å². The van der Waals surface area contributed by atoms with E-state index >= 15 is 4.39 Å². The minimum absolute atomic E-state index is 0. The number of aromatic nitrogens is 2. The number of thioether (sulfide) groups is 1. The number of nitrogens with two attached hydrogens (primary N) is 1. The number of aromatic carboxylic acids is 1. The van der Waals surface area contributed by atoms with Gasteiger partial charge in [0.15, 0.2) is 22.9 Å². The number of hydrogen-bond acceptors (Lipinski definition) is 17. The number of β-lactam (4-membered cyclic amide) rings is 1. The Hall–Kier alpha value is -2.54. The first-order valence-corrected chi connectivity index (χ1v) is 18.1. The number of carboxylic acids is 3. The van der Waals surface area contributed by atoms with Crippen molar-refractivity contribution in [2.24, 2.45) is 5.16 Å². The summed E-state index contributed by atoms with van der Waals surface area (Å²) in [6, 6.07) is 1.45. The number of rotatable bonds is 12. The zero-order valence-electron chi connectivity index (χ0n) is 30.4. The minimum atomic E-state index is -1.63. The molecule has 24 heteroatoms. The molecule has 0 bridgehead atoms. The molecule has 56 heavy (non-hydrogen) atoms. The summed E-state index contributed by atoms with van der Waals surface area (Å²) in [6.45, 7) is 0.684. The van der Waals surface area contributed by atoms with Gasteiger partial charge >= 0.3 is 88.7 Å². The van der Waals surface area contributed by atoms with Crippen LogP contribution in [0.2, 0.25) is 0 Å². The van der Waals surface area contributed by atoms with Gasteiger partial charge in [0.25, 0.3) is 11.8 Å². The van der Waals surface area contributed by atoms with Gasteiger partial charge in [-0.15, -0.1) is 23.1 Å². The van der Waals surface area contributed by atoms with Gasteiger partial charge in [-0.1, -0.05) is 5.16 Å². The van der Waals surface area contributed by atoms with Crippen LogP contribution in [0.1, 0.15) is 34.9 Å². The Kier molecular flexibility index (Phi) is 15.7. The number of anilines is 2. The molecule has 0 radical (unpaired) electrons. The van der Waals surface area contributed by atoms with E-state index in [0.29, 0.717) is 37.3 Å². The van der Waals surface area contributed by atoms with Crippen molar-refractivity contribution in [1.82, 2.24) is 24.7 Å². The summed E-state index contributed by atoms with van der Waals surface area (Å²) in [5.74, 6) is -6.93. The average Bonchev–Trinajstić information content (AvgIpc) is 3.88. The maximum absolute atomic E-state index is 15.5. The third kappa shape index (κ3) is 9.34. The topological polar surface area (TPSA) is 259 Å². The predicted molar refractivity (Wildman–Crippen MR) is 180 cm³/mol. The SMILES string of the molecule is Nc1nc(/C(=N/OCC(=O)[O-])C(=O)N[C@@H]2C(=O)N3C(C(=O)[O-])=C(CN4CCN(c5cc6c(cc5F)c(=O)c(C(=O)[O-])cn6C5CC5)CC4)CS[C@H]23)cs1.[Na+].[Na+].[Na+]. The molecular formula is C32H28FN8Na3O10S2. The van der Waals surface area contributed by atoms with Crippen LogP contribution in [0.3, 0.4) is 0 Å². The number of amides is 2. The number of thiazole rings is 1. The Bertz CT molecular complexity index is 2210. The van der Waals surface area contributed by atoms with Crippen LogP contribution in [-0.2, 0) is 24.0 Å². The van der Waals surface area contributed by atoms with Crippen LogP contribution in [0.25, 0.3) is 10.9 Å². The molecule has 2 atom stereocenters. The van der Waals surface area contributed by atoms with Crippen LogP contribution in [0.4, 0.5) is 15.2 Å². The van der Waals surface area contributed by atoms with Gasteiger partial charge in [-0.05, 0) is 30.5 Å². The molecule has 1 aromatic carbocycles. The van der Waals surface area contributed by atoms with Crippen molar-refractivity contribution >= 4 is 80.3 Å². The maximum atomic E-state index is 15.5. The van der Waals surface area contributed by atoms with E-state index in [1.54, 1.807) is 15.5 Å². The second-order valence-corrected chi connectivity index (χ2v) is 14.6. The first-order valence-electron chi connectivity index (χ1n) is 16.2. The van der Waals surface area contributed by atoms with Crippen LogP contribution < -0.4 is 125 Å². The van der Waals surface area contributed by atoms with Crippen LogP contribution in [0.5, 0.6) is 0 Å². The van der Waals surface area contributed by atoms with Crippen LogP contribution >= 0.6 is 23.1 Å². The molecule has 18 nitrogen and oxygen atoms in total. The van der Waals surface area contributed by atoms with E-state index in [4.69, 9.17) is 5.73 Å². The molecule has 2 amide bonds. The molecule has 1 aliphatic carbocycles. The quantitative estimate of drug-likeness (QED) is 0.0743. The molecule has 0 spiro atoms.